The summed E-state index contributed by atoms with van der Waals surface area (Å²) in [5.41, 5.74) is 4.15. The molecule has 2 aliphatic carbocycles. The number of nitrogens with two attached hydrogens (primary N) is 1. The molecule has 0 atom stereocenters. The van der Waals surface area contributed by atoms with Gasteiger partial charge < -0.3 is 31.3 Å². The molecule has 0 radical (unpaired) electrons. The Bertz CT molecular complexity index is 983. The van der Waals surface area contributed by atoms with E-state index in [-0.39, 0.29) is 30.6 Å². The first-order valence-corrected chi connectivity index (χ1v) is 13.0. The largest absolute Gasteiger partial charge is 0.388 e. The molecular weight excluding hydrogens is 458 g/mol. The quantitative estimate of drug-likeness (QED) is 0.411. The lowest BCUT2D eigenvalue weighted by Gasteiger charge is -2.50. The Labute approximate surface area is 213 Å². The molecule has 0 bridgehead atoms. The fourth-order valence-corrected chi connectivity index (χ4v) is 6.24. The first-order valence-electron chi connectivity index (χ1n) is 13.0. The maximum absolute atomic E-state index is 13.8. The Kier molecular flexibility index (Phi) is 7.09. The van der Waals surface area contributed by atoms with Crippen molar-refractivity contribution in [3.8, 4) is 0 Å². The van der Waals surface area contributed by atoms with Crippen molar-refractivity contribution in [1.82, 2.24) is 20.4 Å². The molecular formula is C27H41N5O4. The number of hydrogen-bond acceptors (Lipinski definition) is 5. The predicted molar refractivity (Wildman–Crippen MR) is 137 cm³/mol. The number of benzene rings is 1. The molecule has 36 heavy (non-hydrogen) atoms. The van der Waals surface area contributed by atoms with Gasteiger partial charge in [-0.15, -0.1) is 0 Å². The number of amides is 4. The first-order chi connectivity index (χ1) is 16.9. The topological polar surface area (TPSA) is 128 Å². The highest BCUT2D eigenvalue weighted by atomic mass is 16.3. The smallest absolute Gasteiger partial charge is 0.320 e. The third-order valence-corrected chi connectivity index (χ3v) is 8.76. The van der Waals surface area contributed by atoms with Gasteiger partial charge in [0.15, 0.2) is 0 Å². The minimum absolute atomic E-state index is 0.122. The molecule has 4 amide bonds. The molecule has 3 aliphatic rings. The van der Waals surface area contributed by atoms with Crippen molar-refractivity contribution in [1.29, 1.82) is 0 Å². The van der Waals surface area contributed by atoms with Gasteiger partial charge in [-0.25, -0.2) is 4.79 Å². The van der Waals surface area contributed by atoms with Crippen LogP contribution in [0.3, 0.4) is 0 Å². The molecule has 1 aromatic carbocycles. The summed E-state index contributed by atoms with van der Waals surface area (Å²) in [7, 11) is 2.00. The summed E-state index contributed by atoms with van der Waals surface area (Å²) in [5.74, 6) is -0.926. The highest BCUT2D eigenvalue weighted by Crippen LogP contribution is 2.48. The zero-order chi connectivity index (χ0) is 26.2. The monoisotopic (exact) mass is 499 g/mol. The number of urea groups is 1. The van der Waals surface area contributed by atoms with Gasteiger partial charge in [-0.05, 0) is 71.4 Å². The van der Waals surface area contributed by atoms with Crippen molar-refractivity contribution < 1.29 is 19.5 Å². The zero-order valence-corrected chi connectivity index (χ0v) is 21.8. The minimum Gasteiger partial charge on any atom is -0.388 e. The van der Waals surface area contributed by atoms with Crippen molar-refractivity contribution in [2.75, 3.05) is 33.2 Å². The number of rotatable bonds is 9. The van der Waals surface area contributed by atoms with E-state index in [1.807, 2.05) is 18.0 Å². The highest BCUT2D eigenvalue weighted by molar-refractivity contribution is 5.87. The summed E-state index contributed by atoms with van der Waals surface area (Å²) in [6.07, 6.45) is 5.72. The third-order valence-electron chi connectivity index (χ3n) is 8.76. The van der Waals surface area contributed by atoms with E-state index in [0.717, 1.165) is 32.1 Å². The average molecular weight is 500 g/mol. The SMILES string of the molecule is CNC1(c2ccccc2)CCC2(CC1)CN(CC(C)(C)C(=O)NCC(N)=O)C(=O)N2CC1(O)CCC1. The number of nitrogens with zero attached hydrogens (tertiary/aromatic N) is 2. The van der Waals surface area contributed by atoms with E-state index < -0.39 is 22.5 Å². The van der Waals surface area contributed by atoms with Gasteiger partial charge in [-0.2, -0.15) is 0 Å². The second-order valence-electron chi connectivity index (χ2n) is 11.8. The van der Waals surface area contributed by atoms with Crippen LogP contribution in [0.15, 0.2) is 30.3 Å². The van der Waals surface area contributed by atoms with Crippen LogP contribution in [-0.4, -0.2) is 77.1 Å². The van der Waals surface area contributed by atoms with Gasteiger partial charge in [0.1, 0.15) is 0 Å². The number of hydrogen-bond donors (Lipinski definition) is 4. The molecule has 1 aliphatic heterocycles. The normalized spacial score (nSPS) is 27.7. The zero-order valence-electron chi connectivity index (χ0n) is 21.8. The van der Waals surface area contributed by atoms with Crippen molar-refractivity contribution in [2.24, 2.45) is 11.1 Å². The van der Waals surface area contributed by atoms with E-state index in [0.29, 0.717) is 25.9 Å². The van der Waals surface area contributed by atoms with Gasteiger partial charge in [0, 0.05) is 18.6 Å². The van der Waals surface area contributed by atoms with Gasteiger partial charge in [-0.3, -0.25) is 9.59 Å². The Morgan fingerprint density at radius 1 is 1.08 bits per heavy atom. The molecule has 1 aromatic rings. The lowest BCUT2D eigenvalue weighted by atomic mass is 9.68. The molecule has 2 saturated carbocycles. The average Bonchev–Trinajstić information content (AvgIpc) is 3.07. The summed E-state index contributed by atoms with van der Waals surface area (Å²) in [6, 6.07) is 10.3. The number of primary amides is 1. The van der Waals surface area contributed by atoms with E-state index >= 15 is 0 Å². The molecule has 1 spiro atoms. The highest BCUT2D eigenvalue weighted by Gasteiger charge is 2.56. The van der Waals surface area contributed by atoms with Crippen molar-refractivity contribution in [3.63, 3.8) is 0 Å². The molecule has 9 heteroatoms. The number of aliphatic hydroxyl groups is 1. The van der Waals surface area contributed by atoms with Crippen molar-refractivity contribution >= 4 is 17.8 Å². The van der Waals surface area contributed by atoms with Crippen molar-refractivity contribution in [2.45, 2.75) is 75.5 Å². The number of β-amino-alcohol motifs (C(OH)–C–C–N with tert-alkyl or cyclic N) is 1. The maximum atomic E-state index is 13.8. The van der Waals surface area contributed by atoms with Crippen LogP contribution < -0.4 is 16.4 Å². The summed E-state index contributed by atoms with van der Waals surface area (Å²) >= 11 is 0. The predicted octanol–water partition coefficient (Wildman–Crippen LogP) is 1.69. The van der Waals surface area contributed by atoms with E-state index in [1.165, 1.54) is 5.56 Å². The molecule has 4 rings (SSSR count). The molecule has 1 heterocycles. The number of carbonyl (C=O) groups is 3. The summed E-state index contributed by atoms with van der Waals surface area (Å²) in [6.45, 7) is 4.38. The van der Waals surface area contributed by atoms with Crippen molar-refractivity contribution in [3.05, 3.63) is 35.9 Å². The molecule has 198 valence electrons. The van der Waals surface area contributed by atoms with E-state index in [1.54, 1.807) is 18.7 Å². The van der Waals surface area contributed by atoms with Crippen LogP contribution in [-0.2, 0) is 15.1 Å². The van der Waals surface area contributed by atoms with Crippen LogP contribution in [0.2, 0.25) is 0 Å². The lowest BCUT2D eigenvalue weighted by Crippen LogP contribution is -2.59. The van der Waals surface area contributed by atoms with Crippen LogP contribution in [0.5, 0.6) is 0 Å². The fraction of sp³-hybridized carbons (Fsp3) is 0.667. The molecule has 0 aromatic heterocycles. The van der Waals surface area contributed by atoms with Gasteiger partial charge in [0.05, 0.1) is 29.6 Å². The van der Waals surface area contributed by atoms with E-state index in [9.17, 15) is 19.5 Å². The Balaban J connectivity index is 1.55. The summed E-state index contributed by atoms with van der Waals surface area (Å²) in [4.78, 5) is 41.3. The summed E-state index contributed by atoms with van der Waals surface area (Å²) < 4.78 is 0. The van der Waals surface area contributed by atoms with Crippen LogP contribution in [0.4, 0.5) is 4.79 Å². The summed E-state index contributed by atoms with van der Waals surface area (Å²) in [5, 5.41) is 17.2. The molecule has 0 unspecified atom stereocenters. The Morgan fingerprint density at radius 2 is 1.72 bits per heavy atom. The van der Waals surface area contributed by atoms with Crippen LogP contribution in [0.1, 0.15) is 64.4 Å². The van der Waals surface area contributed by atoms with Crippen LogP contribution in [0, 0.1) is 5.41 Å². The Hall–Kier alpha value is -2.65. The number of carbonyl (C=O) groups excluding carboxylic acids is 3. The second-order valence-corrected chi connectivity index (χ2v) is 11.8. The molecule has 9 nitrogen and oxygen atoms in total. The van der Waals surface area contributed by atoms with E-state index in [4.69, 9.17) is 5.73 Å². The van der Waals surface area contributed by atoms with Gasteiger partial charge in [-0.1, -0.05) is 30.3 Å². The van der Waals surface area contributed by atoms with Crippen LogP contribution >= 0.6 is 0 Å². The Morgan fingerprint density at radius 3 is 2.25 bits per heavy atom. The lowest BCUT2D eigenvalue weighted by molar-refractivity contribution is -0.131. The van der Waals surface area contributed by atoms with Gasteiger partial charge in [0.25, 0.3) is 0 Å². The molecule has 3 fully saturated rings. The molecule has 5 N–H and O–H groups in total. The maximum Gasteiger partial charge on any atom is 0.320 e. The fourth-order valence-electron chi connectivity index (χ4n) is 6.24. The van der Waals surface area contributed by atoms with Crippen LogP contribution in [0.25, 0.3) is 0 Å². The first kappa shape index (κ1) is 26.4. The second kappa shape index (κ2) is 9.67. The standard InChI is InChI=1S/C27H41N5O4/c1-24(2,22(34)30-16-21(28)33)17-31-18-25(32(23(31)35)19-26(36)10-7-11-26)12-14-27(29-3,15-13-25)20-8-5-4-6-9-20/h4-6,8-9,29,36H,7,10-19H2,1-3H3,(H2,28,33)(H,30,34). The minimum atomic E-state index is -0.900. The third kappa shape index (κ3) is 4.95. The molecule has 1 saturated heterocycles. The van der Waals surface area contributed by atoms with E-state index in [2.05, 4.69) is 34.9 Å². The number of nitrogens with one attached hydrogen (secondary N) is 2. The van der Waals surface area contributed by atoms with Gasteiger partial charge in [0.2, 0.25) is 11.8 Å². The van der Waals surface area contributed by atoms with Gasteiger partial charge >= 0.3 is 6.03 Å².